The van der Waals surface area contributed by atoms with Gasteiger partial charge in [-0.3, -0.25) is 4.99 Å². The Hall–Kier alpha value is -2.18. The van der Waals surface area contributed by atoms with Gasteiger partial charge >= 0.3 is 0 Å². The highest BCUT2D eigenvalue weighted by molar-refractivity contribution is 14.0. The predicted octanol–water partition coefficient (Wildman–Crippen LogP) is 3.00. The highest BCUT2D eigenvalue weighted by atomic mass is 127. The Labute approximate surface area is 199 Å². The van der Waals surface area contributed by atoms with Crippen molar-refractivity contribution < 1.29 is 12.8 Å². The Kier molecular flexibility index (Phi) is 9.72. The summed E-state index contributed by atoms with van der Waals surface area (Å²) in [6.45, 7) is 3.72. The van der Waals surface area contributed by atoms with Crippen molar-refractivity contribution in [1.82, 2.24) is 20.3 Å². The van der Waals surface area contributed by atoms with Gasteiger partial charge in [0.05, 0.1) is 11.4 Å². The quantitative estimate of drug-likeness (QED) is 0.140. The first-order valence-electron chi connectivity index (χ1n) is 9.82. The number of nitrogens with one attached hydrogen (secondary N) is 4. The molecule has 0 amide bonds. The van der Waals surface area contributed by atoms with E-state index in [1.54, 1.807) is 36.4 Å². The maximum absolute atomic E-state index is 13.5. The van der Waals surface area contributed by atoms with Crippen LogP contribution in [-0.2, 0) is 16.4 Å². The fourth-order valence-corrected chi connectivity index (χ4v) is 4.09. The van der Waals surface area contributed by atoms with E-state index in [0.29, 0.717) is 32.0 Å². The number of aromatic amines is 1. The molecule has 0 unspecified atom stereocenters. The van der Waals surface area contributed by atoms with Crippen LogP contribution in [-0.4, -0.2) is 45.5 Å². The number of rotatable bonds is 9. The summed E-state index contributed by atoms with van der Waals surface area (Å²) in [4.78, 5) is 7.78. The first-order chi connectivity index (χ1) is 14.5. The lowest BCUT2D eigenvalue weighted by Gasteiger charge is -2.11. The van der Waals surface area contributed by atoms with Gasteiger partial charge in [0, 0.05) is 36.7 Å². The summed E-state index contributed by atoms with van der Waals surface area (Å²) >= 11 is 0. The lowest BCUT2D eigenvalue weighted by atomic mass is 10.1. The molecule has 31 heavy (non-hydrogen) atoms. The highest BCUT2D eigenvalue weighted by Crippen LogP contribution is 2.19. The first-order valence-corrected chi connectivity index (χ1v) is 11.3. The van der Waals surface area contributed by atoms with E-state index in [4.69, 9.17) is 0 Å². The van der Waals surface area contributed by atoms with Gasteiger partial charge < -0.3 is 15.6 Å². The molecule has 0 saturated carbocycles. The van der Waals surface area contributed by atoms with Crippen molar-refractivity contribution in [2.75, 3.05) is 26.2 Å². The standard InChI is InChI=1S/C21H26FN5O2S.HI/c1-2-23-21(25-12-13-27-30(28,29)18-6-4-3-5-7-18)24-11-10-16-15-26-20-9-8-17(22)14-19(16)20;/h3-9,14-15,26-27H,2,10-13H2,1H3,(H2,23,24,25);1H. The number of H-pyrrole nitrogens is 1. The molecular formula is C21H27FIN5O2S. The first kappa shape index (κ1) is 25.1. The zero-order valence-electron chi connectivity index (χ0n) is 17.2. The average Bonchev–Trinajstić information content (AvgIpc) is 3.14. The Morgan fingerprint density at radius 2 is 1.87 bits per heavy atom. The zero-order chi connectivity index (χ0) is 21.4. The van der Waals surface area contributed by atoms with Crippen LogP contribution in [0.15, 0.2) is 64.6 Å². The molecular weight excluding hydrogens is 532 g/mol. The van der Waals surface area contributed by atoms with E-state index in [0.717, 1.165) is 16.5 Å². The molecule has 0 fully saturated rings. The molecule has 10 heteroatoms. The lowest BCUT2D eigenvalue weighted by molar-refractivity contribution is 0.582. The SMILES string of the molecule is CCNC(=NCCNS(=O)(=O)c1ccccc1)NCCc1c[nH]c2ccc(F)cc12.I. The summed E-state index contributed by atoms with van der Waals surface area (Å²) in [5.41, 5.74) is 1.92. The van der Waals surface area contributed by atoms with Crippen LogP contribution in [0.5, 0.6) is 0 Å². The molecule has 4 N–H and O–H groups in total. The molecule has 0 aliphatic heterocycles. The molecule has 0 aliphatic carbocycles. The zero-order valence-corrected chi connectivity index (χ0v) is 20.3. The molecule has 168 valence electrons. The van der Waals surface area contributed by atoms with Crippen LogP contribution in [0.4, 0.5) is 4.39 Å². The predicted molar refractivity (Wildman–Crippen MR) is 133 cm³/mol. The Morgan fingerprint density at radius 3 is 2.61 bits per heavy atom. The molecule has 3 rings (SSSR count). The van der Waals surface area contributed by atoms with Crippen LogP contribution in [0, 0.1) is 5.82 Å². The van der Waals surface area contributed by atoms with Gasteiger partial charge in [-0.2, -0.15) is 0 Å². The Balaban J connectivity index is 0.00000341. The van der Waals surface area contributed by atoms with Gasteiger partial charge in [-0.15, -0.1) is 24.0 Å². The molecule has 0 aliphatic rings. The second-order valence-electron chi connectivity index (χ2n) is 6.65. The topological polar surface area (TPSA) is 98.4 Å². The van der Waals surface area contributed by atoms with E-state index in [1.807, 2.05) is 13.1 Å². The van der Waals surface area contributed by atoms with Crippen molar-refractivity contribution in [3.05, 3.63) is 66.1 Å². The number of halogens is 2. The number of guanidine groups is 1. The normalized spacial score (nSPS) is 11.9. The maximum Gasteiger partial charge on any atom is 0.240 e. The van der Waals surface area contributed by atoms with Gasteiger partial charge in [0.2, 0.25) is 10.0 Å². The smallest absolute Gasteiger partial charge is 0.240 e. The van der Waals surface area contributed by atoms with E-state index in [9.17, 15) is 12.8 Å². The molecule has 2 aromatic carbocycles. The van der Waals surface area contributed by atoms with E-state index < -0.39 is 10.0 Å². The van der Waals surface area contributed by atoms with Gasteiger partial charge in [-0.05, 0) is 49.2 Å². The third-order valence-electron chi connectivity index (χ3n) is 4.49. The molecule has 3 aromatic rings. The van der Waals surface area contributed by atoms with Crippen molar-refractivity contribution >= 4 is 50.9 Å². The summed E-state index contributed by atoms with van der Waals surface area (Å²) in [5.74, 6) is 0.339. The third-order valence-corrected chi connectivity index (χ3v) is 5.96. The molecule has 0 saturated heterocycles. The second kappa shape index (κ2) is 12.0. The summed E-state index contributed by atoms with van der Waals surface area (Å²) in [6.07, 6.45) is 2.57. The number of aromatic nitrogens is 1. The Bertz CT molecular complexity index is 1100. The number of fused-ring (bicyclic) bond motifs is 1. The monoisotopic (exact) mass is 559 g/mol. The molecule has 0 spiro atoms. The van der Waals surface area contributed by atoms with Crippen LogP contribution in [0.25, 0.3) is 10.9 Å². The number of hydrogen-bond donors (Lipinski definition) is 4. The fraction of sp³-hybridized carbons (Fsp3) is 0.286. The van der Waals surface area contributed by atoms with Gasteiger partial charge in [0.1, 0.15) is 5.82 Å². The van der Waals surface area contributed by atoms with Gasteiger partial charge in [0.25, 0.3) is 0 Å². The molecule has 7 nitrogen and oxygen atoms in total. The van der Waals surface area contributed by atoms with Gasteiger partial charge in [-0.1, -0.05) is 18.2 Å². The third kappa shape index (κ3) is 7.18. The molecule has 0 atom stereocenters. The summed E-state index contributed by atoms with van der Waals surface area (Å²) in [7, 11) is -3.54. The second-order valence-corrected chi connectivity index (χ2v) is 8.42. The number of benzene rings is 2. The largest absolute Gasteiger partial charge is 0.361 e. The molecule has 0 bridgehead atoms. The van der Waals surface area contributed by atoms with Gasteiger partial charge in [-0.25, -0.2) is 17.5 Å². The molecule has 1 aromatic heterocycles. The van der Waals surface area contributed by atoms with Crippen LogP contribution < -0.4 is 15.4 Å². The number of hydrogen-bond acceptors (Lipinski definition) is 3. The highest BCUT2D eigenvalue weighted by Gasteiger charge is 2.12. The van der Waals surface area contributed by atoms with Crippen molar-refractivity contribution in [2.45, 2.75) is 18.2 Å². The minimum absolute atomic E-state index is 0. The summed E-state index contributed by atoms with van der Waals surface area (Å²) in [5, 5.41) is 7.22. The Morgan fingerprint density at radius 1 is 1.10 bits per heavy atom. The van der Waals surface area contributed by atoms with Crippen LogP contribution >= 0.6 is 24.0 Å². The fourth-order valence-electron chi connectivity index (χ4n) is 3.05. The van der Waals surface area contributed by atoms with Crippen LogP contribution in [0.3, 0.4) is 0 Å². The number of nitrogens with zero attached hydrogens (tertiary/aromatic N) is 1. The van der Waals surface area contributed by atoms with E-state index >= 15 is 0 Å². The van der Waals surface area contributed by atoms with E-state index in [2.05, 4.69) is 25.3 Å². The van der Waals surface area contributed by atoms with Crippen molar-refractivity contribution in [3.8, 4) is 0 Å². The molecule has 0 radical (unpaired) electrons. The minimum Gasteiger partial charge on any atom is -0.361 e. The van der Waals surface area contributed by atoms with E-state index in [-0.39, 0.29) is 41.2 Å². The maximum atomic E-state index is 13.5. The summed E-state index contributed by atoms with van der Waals surface area (Å²) in [6, 6.07) is 12.9. The summed E-state index contributed by atoms with van der Waals surface area (Å²) < 4.78 is 40.5. The van der Waals surface area contributed by atoms with Crippen molar-refractivity contribution in [1.29, 1.82) is 0 Å². The lowest BCUT2D eigenvalue weighted by Crippen LogP contribution is -2.39. The van der Waals surface area contributed by atoms with Gasteiger partial charge in [0.15, 0.2) is 5.96 Å². The minimum atomic E-state index is -3.54. The van der Waals surface area contributed by atoms with Crippen LogP contribution in [0.1, 0.15) is 12.5 Å². The molecule has 1 heterocycles. The average molecular weight is 559 g/mol. The number of sulfonamides is 1. The number of aliphatic imine (C=N–C) groups is 1. The van der Waals surface area contributed by atoms with Crippen molar-refractivity contribution in [3.63, 3.8) is 0 Å². The van der Waals surface area contributed by atoms with Crippen LogP contribution in [0.2, 0.25) is 0 Å². The van der Waals surface area contributed by atoms with E-state index in [1.165, 1.54) is 12.1 Å². The van der Waals surface area contributed by atoms with Crippen molar-refractivity contribution in [2.24, 2.45) is 4.99 Å².